The van der Waals surface area contributed by atoms with Crippen LogP contribution in [0.5, 0.6) is 0 Å². The van der Waals surface area contributed by atoms with Crippen LogP contribution in [0.4, 0.5) is 18.0 Å². The van der Waals surface area contributed by atoms with Gasteiger partial charge in [-0.05, 0) is 32.2 Å². The van der Waals surface area contributed by atoms with Gasteiger partial charge in [-0.2, -0.15) is 13.2 Å². The van der Waals surface area contributed by atoms with Crippen molar-refractivity contribution >= 4 is 18.0 Å². The Morgan fingerprint density at radius 1 is 1.22 bits per heavy atom. The van der Waals surface area contributed by atoms with Gasteiger partial charge in [0.1, 0.15) is 6.04 Å². The third-order valence-corrected chi connectivity index (χ3v) is 2.91. The van der Waals surface area contributed by atoms with Crippen LogP contribution in [0.25, 0.3) is 0 Å². The average molecular weight is 342 g/mol. The third-order valence-electron chi connectivity index (χ3n) is 2.91. The van der Waals surface area contributed by atoms with Crippen LogP contribution in [-0.2, 0) is 14.3 Å². The zero-order valence-corrected chi connectivity index (χ0v) is 12.8. The van der Waals surface area contributed by atoms with E-state index in [1.165, 1.54) is 0 Å². The molecule has 0 heterocycles. The molecule has 0 aromatic carbocycles. The van der Waals surface area contributed by atoms with Crippen LogP contribution in [0.2, 0.25) is 0 Å². The Morgan fingerprint density at radius 2 is 1.83 bits per heavy atom. The van der Waals surface area contributed by atoms with Crippen LogP contribution in [0.1, 0.15) is 39.0 Å². The number of ether oxygens (including phenoxy) is 1. The maximum Gasteiger partial charge on any atom is 0.471 e. The minimum absolute atomic E-state index is 0.150. The lowest BCUT2D eigenvalue weighted by molar-refractivity contribution is -0.187. The normalized spacial score (nSPS) is 12.6. The number of carboxylic acid groups (broad SMARTS) is 1. The van der Waals surface area contributed by atoms with Crippen molar-refractivity contribution in [2.45, 2.75) is 51.2 Å². The van der Waals surface area contributed by atoms with E-state index < -0.39 is 30.2 Å². The lowest BCUT2D eigenvalue weighted by Crippen LogP contribution is -2.53. The second kappa shape index (κ2) is 10.0. The number of alkyl halides is 3. The molecule has 1 atom stereocenters. The van der Waals surface area contributed by atoms with Gasteiger partial charge in [0.2, 0.25) is 0 Å². The first-order chi connectivity index (χ1) is 10.7. The van der Waals surface area contributed by atoms with E-state index >= 15 is 0 Å². The smallest absolute Gasteiger partial charge is 0.471 e. The zero-order valence-electron chi connectivity index (χ0n) is 12.8. The molecular weight excluding hydrogens is 321 g/mol. The number of halogens is 3. The molecular formula is C13H21F3N2O5. The van der Waals surface area contributed by atoms with Gasteiger partial charge in [-0.3, -0.25) is 4.79 Å². The van der Waals surface area contributed by atoms with Gasteiger partial charge in [-0.1, -0.05) is 13.3 Å². The highest BCUT2D eigenvalue weighted by Gasteiger charge is 2.49. The van der Waals surface area contributed by atoms with E-state index in [1.54, 1.807) is 6.92 Å². The first-order valence-electron chi connectivity index (χ1n) is 7.16. The van der Waals surface area contributed by atoms with Gasteiger partial charge in [0.05, 0.1) is 6.61 Å². The van der Waals surface area contributed by atoms with Crippen molar-refractivity contribution in [2.24, 2.45) is 5.73 Å². The molecule has 0 rings (SSSR count). The molecule has 0 bridgehead atoms. The Hall–Kier alpha value is -1.84. The third kappa shape index (κ3) is 7.31. The number of carbonyl (C=O) groups excluding carboxylic acids is 2. The van der Waals surface area contributed by atoms with Crippen LogP contribution >= 0.6 is 0 Å². The van der Waals surface area contributed by atoms with Gasteiger partial charge in [-0.15, -0.1) is 0 Å². The molecule has 0 aliphatic heterocycles. The van der Waals surface area contributed by atoms with E-state index in [0.717, 1.165) is 0 Å². The number of rotatable bonds is 9. The Bertz CT molecular complexity index is 415. The maximum absolute atomic E-state index is 12.6. The van der Waals surface area contributed by atoms with Gasteiger partial charge >= 0.3 is 24.1 Å². The van der Waals surface area contributed by atoms with Crippen LogP contribution in [0, 0.1) is 0 Å². The molecule has 2 amide bonds. The molecule has 0 unspecified atom stereocenters. The number of imide groups is 1. The minimum atomic E-state index is -5.38. The lowest BCUT2D eigenvalue weighted by atomic mass is 10.1. The van der Waals surface area contributed by atoms with Crippen LogP contribution < -0.4 is 5.73 Å². The zero-order chi connectivity index (χ0) is 18.0. The highest BCUT2D eigenvalue weighted by atomic mass is 19.4. The molecule has 0 aliphatic rings. The van der Waals surface area contributed by atoms with E-state index in [-0.39, 0.29) is 30.9 Å². The van der Waals surface area contributed by atoms with Crippen molar-refractivity contribution in [1.29, 1.82) is 0 Å². The van der Waals surface area contributed by atoms with E-state index in [4.69, 9.17) is 10.8 Å². The standard InChI is InChI=1S/C13H21F3N2O5/c1-2-3-8-23-12(22)18(11(21)13(14,15)16)9(10(19)20)6-4-5-7-17/h9H,2-8,17H2,1H3,(H,19,20)/t9-/m0/s1. The molecule has 3 N–H and O–H groups in total. The summed E-state index contributed by atoms with van der Waals surface area (Å²) in [6, 6.07) is -1.95. The summed E-state index contributed by atoms with van der Waals surface area (Å²) in [4.78, 5) is 34.0. The van der Waals surface area contributed by atoms with Crippen molar-refractivity contribution in [3.05, 3.63) is 0 Å². The quantitative estimate of drug-likeness (QED) is 0.619. The number of amides is 2. The number of hydrogen-bond donors (Lipinski definition) is 2. The summed E-state index contributed by atoms with van der Waals surface area (Å²) < 4.78 is 42.5. The van der Waals surface area contributed by atoms with E-state index in [2.05, 4.69) is 4.74 Å². The molecule has 7 nitrogen and oxygen atoms in total. The fourth-order valence-electron chi connectivity index (χ4n) is 1.71. The fourth-order valence-corrected chi connectivity index (χ4v) is 1.71. The molecule has 0 aromatic rings. The van der Waals surface area contributed by atoms with Crippen LogP contribution in [-0.4, -0.2) is 53.3 Å². The van der Waals surface area contributed by atoms with Gasteiger partial charge in [0, 0.05) is 0 Å². The highest BCUT2D eigenvalue weighted by molar-refractivity contribution is 5.99. The monoisotopic (exact) mass is 342 g/mol. The topological polar surface area (TPSA) is 110 Å². The molecule has 23 heavy (non-hydrogen) atoms. The summed E-state index contributed by atoms with van der Waals surface area (Å²) in [5, 5.41) is 9.08. The van der Waals surface area contributed by atoms with E-state index in [1.807, 2.05) is 0 Å². The molecule has 0 saturated heterocycles. The number of carbonyl (C=O) groups is 3. The van der Waals surface area contributed by atoms with Crippen molar-refractivity contribution in [3.63, 3.8) is 0 Å². The SMILES string of the molecule is CCCCOC(=O)N(C(=O)C(F)(F)F)[C@@H](CCCCN)C(=O)O. The number of carboxylic acids is 1. The molecule has 0 spiro atoms. The largest absolute Gasteiger partial charge is 0.480 e. The van der Waals surface area contributed by atoms with Gasteiger partial charge in [0.25, 0.3) is 0 Å². The number of nitrogens with two attached hydrogens (primary N) is 1. The number of aliphatic carboxylic acids is 1. The van der Waals surface area contributed by atoms with Crippen molar-refractivity contribution in [1.82, 2.24) is 4.90 Å². The summed E-state index contributed by atoms with van der Waals surface area (Å²) in [5.74, 6) is -4.27. The van der Waals surface area contributed by atoms with E-state index in [9.17, 15) is 27.6 Å². The molecule has 10 heteroatoms. The Labute approximate surface area is 131 Å². The van der Waals surface area contributed by atoms with Crippen molar-refractivity contribution in [2.75, 3.05) is 13.2 Å². The van der Waals surface area contributed by atoms with E-state index in [0.29, 0.717) is 19.3 Å². The molecule has 0 saturated carbocycles. The predicted molar refractivity (Wildman–Crippen MR) is 73.5 cm³/mol. The molecule has 0 aromatic heterocycles. The van der Waals surface area contributed by atoms with Crippen LogP contribution in [0.3, 0.4) is 0 Å². The maximum atomic E-state index is 12.6. The molecule has 134 valence electrons. The summed E-state index contributed by atoms with van der Waals surface area (Å²) in [5.41, 5.74) is 5.24. The molecule has 0 fully saturated rings. The highest BCUT2D eigenvalue weighted by Crippen LogP contribution is 2.23. The fraction of sp³-hybridized carbons (Fsp3) is 0.769. The van der Waals surface area contributed by atoms with Crippen LogP contribution in [0.15, 0.2) is 0 Å². The average Bonchev–Trinajstić information content (AvgIpc) is 2.45. The molecule has 0 radical (unpaired) electrons. The Kier molecular flexibility index (Phi) is 9.23. The summed E-state index contributed by atoms with van der Waals surface area (Å²) in [6.07, 6.45) is -5.84. The second-order valence-electron chi connectivity index (χ2n) is 4.78. The lowest BCUT2D eigenvalue weighted by Gasteiger charge is -2.27. The number of hydrogen-bond acceptors (Lipinski definition) is 5. The van der Waals surface area contributed by atoms with Gasteiger partial charge in [0.15, 0.2) is 0 Å². The Morgan fingerprint density at radius 3 is 2.26 bits per heavy atom. The summed E-state index contributed by atoms with van der Waals surface area (Å²) in [6.45, 7) is 1.77. The first-order valence-corrected chi connectivity index (χ1v) is 7.16. The van der Waals surface area contributed by atoms with Crippen molar-refractivity contribution < 1.29 is 37.4 Å². The molecule has 0 aliphatic carbocycles. The summed E-state index contributed by atoms with van der Waals surface area (Å²) in [7, 11) is 0. The second-order valence-corrected chi connectivity index (χ2v) is 4.78. The number of nitrogens with zero attached hydrogens (tertiary/aromatic N) is 1. The first kappa shape index (κ1) is 21.2. The van der Waals surface area contributed by atoms with Gasteiger partial charge in [-0.25, -0.2) is 14.5 Å². The van der Waals surface area contributed by atoms with Gasteiger partial charge < -0.3 is 15.6 Å². The Balaban J connectivity index is 5.30. The van der Waals surface area contributed by atoms with Crippen molar-refractivity contribution in [3.8, 4) is 0 Å². The minimum Gasteiger partial charge on any atom is -0.480 e. The summed E-state index contributed by atoms with van der Waals surface area (Å²) >= 11 is 0. The number of unbranched alkanes of at least 4 members (excludes halogenated alkanes) is 2. The predicted octanol–water partition coefficient (Wildman–Crippen LogP) is 1.90.